The van der Waals surface area contributed by atoms with E-state index in [0.717, 1.165) is 5.56 Å². The summed E-state index contributed by atoms with van der Waals surface area (Å²) >= 11 is 0. The Labute approximate surface area is 217 Å². The van der Waals surface area contributed by atoms with Gasteiger partial charge in [-0.2, -0.15) is 0 Å². The minimum atomic E-state index is -0.675. The minimum Gasteiger partial charge on any atom is -0.486 e. The standard InChI is InChI=1S/C30H33FO6/c1-16-19(4)27(20(5)17(2)24(16)29(32)36-15-34-8)37-30(33)25-18(3)21(6)28(26(31)22(25)7)35-14-23-12-10-9-11-13-23/h9-13H,14-15H2,1-8H3. The molecule has 0 atom stereocenters. The van der Waals surface area contributed by atoms with Crippen molar-refractivity contribution < 1.29 is 32.9 Å². The maximum Gasteiger partial charge on any atom is 0.344 e. The second-order valence-corrected chi connectivity index (χ2v) is 9.10. The molecule has 0 heterocycles. The lowest BCUT2D eigenvalue weighted by atomic mass is 9.92. The smallest absolute Gasteiger partial charge is 0.344 e. The fourth-order valence-electron chi connectivity index (χ4n) is 4.36. The van der Waals surface area contributed by atoms with Gasteiger partial charge < -0.3 is 18.9 Å². The molecular weight excluding hydrogens is 475 g/mol. The van der Waals surface area contributed by atoms with Crippen LogP contribution in [0, 0.1) is 54.3 Å². The van der Waals surface area contributed by atoms with Crippen LogP contribution in [0.2, 0.25) is 0 Å². The molecule has 7 heteroatoms. The van der Waals surface area contributed by atoms with E-state index in [9.17, 15) is 9.59 Å². The highest BCUT2D eigenvalue weighted by Gasteiger charge is 2.27. The van der Waals surface area contributed by atoms with Crippen molar-refractivity contribution in [2.45, 2.75) is 55.1 Å². The van der Waals surface area contributed by atoms with Crippen LogP contribution in [0.5, 0.6) is 11.5 Å². The number of methoxy groups -OCH3 is 1. The van der Waals surface area contributed by atoms with E-state index in [1.807, 2.05) is 30.3 Å². The first-order valence-corrected chi connectivity index (χ1v) is 12.0. The summed E-state index contributed by atoms with van der Waals surface area (Å²) in [6, 6.07) is 9.48. The quantitative estimate of drug-likeness (QED) is 0.195. The molecule has 0 radical (unpaired) electrons. The van der Waals surface area contributed by atoms with E-state index in [1.54, 1.807) is 48.5 Å². The number of benzene rings is 3. The largest absolute Gasteiger partial charge is 0.486 e. The maximum atomic E-state index is 15.4. The summed E-state index contributed by atoms with van der Waals surface area (Å²) in [7, 11) is 1.43. The number of hydrogen-bond acceptors (Lipinski definition) is 6. The van der Waals surface area contributed by atoms with Gasteiger partial charge in [0.15, 0.2) is 18.4 Å². The van der Waals surface area contributed by atoms with E-state index in [-0.39, 0.29) is 30.3 Å². The van der Waals surface area contributed by atoms with E-state index in [2.05, 4.69) is 0 Å². The van der Waals surface area contributed by atoms with Gasteiger partial charge in [-0.05, 0) is 87.4 Å². The van der Waals surface area contributed by atoms with Gasteiger partial charge in [-0.3, -0.25) is 0 Å². The van der Waals surface area contributed by atoms with Gasteiger partial charge in [-0.1, -0.05) is 30.3 Å². The lowest BCUT2D eigenvalue weighted by Crippen LogP contribution is -2.18. The van der Waals surface area contributed by atoms with Gasteiger partial charge in [0.05, 0.1) is 11.1 Å². The normalized spacial score (nSPS) is 10.8. The predicted molar refractivity (Wildman–Crippen MR) is 139 cm³/mol. The SMILES string of the molecule is COCOC(=O)c1c(C)c(C)c(OC(=O)c2c(C)c(C)c(OCc3ccccc3)c(F)c2C)c(C)c1C. The molecule has 37 heavy (non-hydrogen) atoms. The van der Waals surface area contributed by atoms with Crippen LogP contribution in [0.1, 0.15) is 65.2 Å². The minimum absolute atomic E-state index is 0.119. The van der Waals surface area contributed by atoms with E-state index in [4.69, 9.17) is 18.9 Å². The number of hydrogen-bond donors (Lipinski definition) is 0. The number of esters is 2. The van der Waals surface area contributed by atoms with Crippen molar-refractivity contribution in [2.75, 3.05) is 13.9 Å². The van der Waals surface area contributed by atoms with Crippen LogP contribution in [0.4, 0.5) is 4.39 Å². The molecule has 0 saturated heterocycles. The monoisotopic (exact) mass is 508 g/mol. The Bertz CT molecular complexity index is 1290. The highest BCUT2D eigenvalue weighted by atomic mass is 19.1. The molecule has 3 rings (SSSR count). The molecule has 3 aromatic carbocycles. The lowest BCUT2D eigenvalue weighted by molar-refractivity contribution is -0.0126. The van der Waals surface area contributed by atoms with Crippen LogP contribution < -0.4 is 9.47 Å². The van der Waals surface area contributed by atoms with Crippen molar-refractivity contribution in [3.05, 3.63) is 91.8 Å². The molecule has 0 fully saturated rings. The Morgan fingerprint density at radius 3 is 1.76 bits per heavy atom. The highest BCUT2D eigenvalue weighted by Crippen LogP contribution is 2.36. The summed E-state index contributed by atoms with van der Waals surface area (Å²) in [5.74, 6) is -1.33. The van der Waals surface area contributed by atoms with Crippen molar-refractivity contribution >= 4 is 11.9 Å². The summed E-state index contributed by atoms with van der Waals surface area (Å²) in [5.41, 5.74) is 5.23. The van der Waals surface area contributed by atoms with Crippen molar-refractivity contribution in [3.8, 4) is 11.5 Å². The molecule has 0 N–H and O–H groups in total. The molecule has 6 nitrogen and oxygen atoms in total. The summed E-state index contributed by atoms with van der Waals surface area (Å²) in [5, 5.41) is 0. The Balaban J connectivity index is 1.96. The first-order chi connectivity index (χ1) is 17.5. The summed E-state index contributed by atoms with van der Waals surface area (Å²) in [6.07, 6.45) is 0. The highest BCUT2D eigenvalue weighted by molar-refractivity contribution is 5.97. The van der Waals surface area contributed by atoms with Crippen LogP contribution in [-0.4, -0.2) is 25.8 Å². The van der Waals surface area contributed by atoms with Gasteiger partial charge in [0.25, 0.3) is 0 Å². The molecule has 0 bridgehead atoms. The third kappa shape index (κ3) is 5.52. The molecular formula is C30H33FO6. The van der Waals surface area contributed by atoms with E-state index in [1.165, 1.54) is 7.11 Å². The van der Waals surface area contributed by atoms with Gasteiger partial charge in [0.2, 0.25) is 0 Å². The first-order valence-electron chi connectivity index (χ1n) is 12.0. The van der Waals surface area contributed by atoms with Gasteiger partial charge in [0, 0.05) is 12.7 Å². The molecule has 196 valence electrons. The molecule has 0 aromatic heterocycles. The van der Waals surface area contributed by atoms with E-state index >= 15 is 4.39 Å². The Hall–Kier alpha value is -3.71. The number of ether oxygens (including phenoxy) is 4. The average Bonchev–Trinajstić information content (AvgIpc) is 2.88. The molecule has 0 aliphatic heterocycles. The van der Waals surface area contributed by atoms with Crippen LogP contribution in [0.3, 0.4) is 0 Å². The molecule has 0 unspecified atom stereocenters. The van der Waals surface area contributed by atoms with E-state index in [0.29, 0.717) is 44.7 Å². The van der Waals surface area contributed by atoms with Gasteiger partial charge in [-0.15, -0.1) is 0 Å². The lowest BCUT2D eigenvalue weighted by Gasteiger charge is -2.21. The fraction of sp³-hybridized carbons (Fsp3) is 0.333. The van der Waals surface area contributed by atoms with Crippen LogP contribution in [-0.2, 0) is 16.1 Å². The van der Waals surface area contributed by atoms with Gasteiger partial charge in [0.1, 0.15) is 12.4 Å². The Kier molecular flexibility index (Phi) is 8.71. The summed E-state index contributed by atoms with van der Waals surface area (Å²) < 4.78 is 37.1. The molecule has 3 aromatic rings. The number of carbonyl (C=O) groups is 2. The van der Waals surface area contributed by atoms with E-state index < -0.39 is 17.8 Å². The second kappa shape index (κ2) is 11.6. The average molecular weight is 509 g/mol. The first kappa shape index (κ1) is 27.9. The van der Waals surface area contributed by atoms with Crippen molar-refractivity contribution in [3.63, 3.8) is 0 Å². The summed E-state index contributed by atoms with van der Waals surface area (Å²) in [4.78, 5) is 26.0. The van der Waals surface area contributed by atoms with Crippen molar-refractivity contribution in [2.24, 2.45) is 0 Å². The molecule has 0 saturated carbocycles. The van der Waals surface area contributed by atoms with Crippen molar-refractivity contribution in [1.82, 2.24) is 0 Å². The zero-order valence-electron chi connectivity index (χ0n) is 22.6. The molecule has 0 aliphatic carbocycles. The Morgan fingerprint density at radius 1 is 0.703 bits per heavy atom. The zero-order chi connectivity index (χ0) is 27.4. The summed E-state index contributed by atoms with van der Waals surface area (Å²) in [6.45, 7) is 12.1. The Morgan fingerprint density at radius 2 is 1.22 bits per heavy atom. The maximum absolute atomic E-state index is 15.4. The third-order valence-electron chi connectivity index (χ3n) is 6.87. The second-order valence-electron chi connectivity index (χ2n) is 9.10. The molecule has 0 amide bonds. The van der Waals surface area contributed by atoms with Crippen LogP contribution in [0.25, 0.3) is 0 Å². The third-order valence-corrected chi connectivity index (χ3v) is 6.87. The number of carbonyl (C=O) groups excluding carboxylic acids is 2. The number of halogens is 1. The number of rotatable bonds is 8. The van der Waals surface area contributed by atoms with Gasteiger partial charge in [-0.25, -0.2) is 14.0 Å². The zero-order valence-corrected chi connectivity index (χ0v) is 22.6. The van der Waals surface area contributed by atoms with Gasteiger partial charge >= 0.3 is 11.9 Å². The topological polar surface area (TPSA) is 71.1 Å². The van der Waals surface area contributed by atoms with Crippen LogP contribution in [0.15, 0.2) is 30.3 Å². The molecule has 0 spiro atoms. The molecule has 0 aliphatic rings. The predicted octanol–water partition coefficient (Wildman–Crippen LogP) is 6.54. The van der Waals surface area contributed by atoms with Crippen LogP contribution >= 0.6 is 0 Å². The fourth-order valence-corrected chi connectivity index (χ4v) is 4.36. The van der Waals surface area contributed by atoms with Crippen molar-refractivity contribution in [1.29, 1.82) is 0 Å².